The third kappa shape index (κ3) is 5.72. The average Bonchev–Trinajstić information content (AvgIpc) is 2.55. The molecular formula is C17H26Cl2N2O3. The Balaban J connectivity index is 0.00000288. The van der Waals surface area contributed by atoms with Crippen LogP contribution in [0.5, 0.6) is 11.5 Å². The van der Waals surface area contributed by atoms with Crippen molar-refractivity contribution in [3.05, 3.63) is 22.7 Å². The predicted molar refractivity (Wildman–Crippen MR) is 99.0 cm³/mol. The van der Waals surface area contributed by atoms with Gasteiger partial charge in [-0.2, -0.15) is 0 Å². The summed E-state index contributed by atoms with van der Waals surface area (Å²) >= 11 is 6.30. The molecule has 0 aromatic heterocycles. The summed E-state index contributed by atoms with van der Waals surface area (Å²) in [5, 5.41) is 6.72. The third-order valence-corrected chi connectivity index (χ3v) is 3.93. The van der Waals surface area contributed by atoms with Crippen LogP contribution in [0.1, 0.15) is 43.5 Å². The number of ether oxygens (including phenoxy) is 2. The highest BCUT2D eigenvalue weighted by atomic mass is 35.5. The summed E-state index contributed by atoms with van der Waals surface area (Å²) in [6.07, 6.45) is 2.93. The van der Waals surface area contributed by atoms with E-state index in [1.54, 1.807) is 12.1 Å². The minimum absolute atomic E-state index is 0. The zero-order valence-corrected chi connectivity index (χ0v) is 15.8. The first-order valence-corrected chi connectivity index (χ1v) is 8.64. The number of halogens is 2. The maximum absolute atomic E-state index is 12.5. The molecule has 7 heteroatoms. The molecular weight excluding hydrogens is 351 g/mol. The van der Waals surface area contributed by atoms with Gasteiger partial charge in [-0.25, -0.2) is 0 Å². The molecule has 2 N–H and O–H groups in total. The molecule has 1 aromatic rings. The average molecular weight is 377 g/mol. The zero-order chi connectivity index (χ0) is 16.7. The molecule has 1 aliphatic rings. The maximum Gasteiger partial charge on any atom is 0.251 e. The molecule has 1 heterocycles. The Labute approximate surface area is 154 Å². The lowest BCUT2D eigenvalue weighted by molar-refractivity contribution is 0.0930. The Morgan fingerprint density at radius 3 is 2.79 bits per heavy atom. The van der Waals surface area contributed by atoms with Crippen molar-refractivity contribution in [2.75, 3.05) is 26.3 Å². The SMILES string of the molecule is CCCOc1c(Cl)cc(C(=O)N[C@H]2CCCNC2)cc1OCC.Cl. The van der Waals surface area contributed by atoms with Gasteiger partial charge in [0.2, 0.25) is 0 Å². The minimum Gasteiger partial charge on any atom is -0.490 e. The summed E-state index contributed by atoms with van der Waals surface area (Å²) in [5.41, 5.74) is 0.493. The van der Waals surface area contributed by atoms with E-state index in [-0.39, 0.29) is 24.4 Å². The van der Waals surface area contributed by atoms with Crippen LogP contribution >= 0.6 is 24.0 Å². The minimum atomic E-state index is -0.136. The quantitative estimate of drug-likeness (QED) is 0.765. The molecule has 1 amide bonds. The molecule has 1 fully saturated rings. The van der Waals surface area contributed by atoms with Crippen LogP contribution < -0.4 is 20.1 Å². The first-order valence-electron chi connectivity index (χ1n) is 8.26. The number of carbonyl (C=O) groups excluding carboxylic acids is 1. The summed E-state index contributed by atoms with van der Waals surface area (Å²) in [4.78, 5) is 12.5. The third-order valence-electron chi connectivity index (χ3n) is 3.65. The Kier molecular flexibility index (Phi) is 9.26. The van der Waals surface area contributed by atoms with E-state index in [2.05, 4.69) is 10.6 Å². The molecule has 0 saturated carbocycles. The van der Waals surface area contributed by atoms with Crippen LogP contribution in [-0.4, -0.2) is 38.3 Å². The van der Waals surface area contributed by atoms with Gasteiger partial charge in [0.25, 0.3) is 5.91 Å². The number of amides is 1. The molecule has 0 unspecified atom stereocenters. The second kappa shape index (κ2) is 10.6. The monoisotopic (exact) mass is 376 g/mol. The highest BCUT2D eigenvalue weighted by Crippen LogP contribution is 2.36. The lowest BCUT2D eigenvalue weighted by atomic mass is 10.1. The van der Waals surface area contributed by atoms with E-state index in [0.29, 0.717) is 35.3 Å². The van der Waals surface area contributed by atoms with Gasteiger partial charge in [-0.3, -0.25) is 4.79 Å². The summed E-state index contributed by atoms with van der Waals surface area (Å²) in [6, 6.07) is 3.49. The van der Waals surface area contributed by atoms with Crippen LogP contribution in [0.4, 0.5) is 0 Å². The number of hydrogen-bond acceptors (Lipinski definition) is 4. The molecule has 0 aliphatic carbocycles. The second-order valence-corrected chi connectivity index (χ2v) is 5.99. The lowest BCUT2D eigenvalue weighted by Crippen LogP contribution is -2.45. The van der Waals surface area contributed by atoms with Crippen molar-refractivity contribution in [2.45, 2.75) is 39.2 Å². The molecule has 1 atom stereocenters. The molecule has 0 radical (unpaired) electrons. The Morgan fingerprint density at radius 2 is 2.17 bits per heavy atom. The van der Waals surface area contributed by atoms with E-state index in [1.807, 2.05) is 13.8 Å². The fourth-order valence-electron chi connectivity index (χ4n) is 2.55. The molecule has 2 rings (SSSR count). The fourth-order valence-corrected chi connectivity index (χ4v) is 2.82. The molecule has 1 aliphatic heterocycles. The van der Waals surface area contributed by atoms with Crippen molar-refractivity contribution in [3.63, 3.8) is 0 Å². The lowest BCUT2D eigenvalue weighted by Gasteiger charge is -2.24. The predicted octanol–water partition coefficient (Wildman–Crippen LogP) is 3.43. The maximum atomic E-state index is 12.5. The molecule has 1 aromatic carbocycles. The highest BCUT2D eigenvalue weighted by molar-refractivity contribution is 6.32. The van der Waals surface area contributed by atoms with Gasteiger partial charge in [-0.05, 0) is 44.9 Å². The smallest absolute Gasteiger partial charge is 0.251 e. The van der Waals surface area contributed by atoms with Gasteiger partial charge in [-0.1, -0.05) is 18.5 Å². The molecule has 0 spiro atoms. The molecule has 5 nitrogen and oxygen atoms in total. The van der Waals surface area contributed by atoms with Crippen molar-refractivity contribution < 1.29 is 14.3 Å². The van der Waals surface area contributed by atoms with E-state index >= 15 is 0 Å². The van der Waals surface area contributed by atoms with Gasteiger partial charge in [0.1, 0.15) is 0 Å². The van der Waals surface area contributed by atoms with Crippen molar-refractivity contribution in [1.82, 2.24) is 10.6 Å². The number of rotatable bonds is 7. The van der Waals surface area contributed by atoms with Crippen molar-refractivity contribution in [1.29, 1.82) is 0 Å². The van der Waals surface area contributed by atoms with Crippen molar-refractivity contribution in [2.24, 2.45) is 0 Å². The van der Waals surface area contributed by atoms with Crippen LogP contribution in [0.25, 0.3) is 0 Å². The number of benzene rings is 1. The van der Waals surface area contributed by atoms with Crippen LogP contribution in [0, 0.1) is 0 Å². The number of hydrogen-bond donors (Lipinski definition) is 2. The highest BCUT2D eigenvalue weighted by Gasteiger charge is 2.20. The van der Waals surface area contributed by atoms with Gasteiger partial charge in [0, 0.05) is 18.2 Å². The normalized spacial score (nSPS) is 16.9. The topological polar surface area (TPSA) is 59.6 Å². The zero-order valence-electron chi connectivity index (χ0n) is 14.2. The van der Waals surface area contributed by atoms with Crippen LogP contribution in [0.3, 0.4) is 0 Å². The standard InChI is InChI=1S/C17H25ClN2O3.ClH/c1-3-8-23-16-14(18)9-12(10-15(16)22-4-2)17(21)20-13-6-5-7-19-11-13;/h9-10,13,19H,3-8,11H2,1-2H3,(H,20,21);1H/t13-;/m0./s1. The first-order chi connectivity index (χ1) is 11.2. The summed E-state index contributed by atoms with van der Waals surface area (Å²) in [7, 11) is 0. The molecule has 0 bridgehead atoms. The van der Waals surface area contributed by atoms with E-state index in [1.165, 1.54) is 0 Å². The summed E-state index contributed by atoms with van der Waals surface area (Å²) in [6.45, 7) is 6.76. The van der Waals surface area contributed by atoms with Gasteiger partial charge in [0.15, 0.2) is 11.5 Å². The summed E-state index contributed by atoms with van der Waals surface area (Å²) < 4.78 is 11.2. The van der Waals surface area contributed by atoms with Crippen LogP contribution in [0.2, 0.25) is 5.02 Å². The van der Waals surface area contributed by atoms with Gasteiger partial charge in [0.05, 0.1) is 18.2 Å². The second-order valence-electron chi connectivity index (χ2n) is 5.58. The van der Waals surface area contributed by atoms with E-state index in [0.717, 1.165) is 32.4 Å². The number of piperidine rings is 1. The van der Waals surface area contributed by atoms with Crippen LogP contribution in [0.15, 0.2) is 12.1 Å². The van der Waals surface area contributed by atoms with E-state index in [4.69, 9.17) is 21.1 Å². The molecule has 136 valence electrons. The van der Waals surface area contributed by atoms with E-state index < -0.39 is 0 Å². The molecule has 1 saturated heterocycles. The molecule has 24 heavy (non-hydrogen) atoms. The van der Waals surface area contributed by atoms with Crippen molar-refractivity contribution >= 4 is 29.9 Å². The number of carbonyl (C=O) groups is 1. The number of nitrogens with one attached hydrogen (secondary N) is 2. The van der Waals surface area contributed by atoms with Gasteiger partial charge >= 0.3 is 0 Å². The first kappa shape index (κ1) is 20.9. The Morgan fingerprint density at radius 1 is 1.38 bits per heavy atom. The van der Waals surface area contributed by atoms with Gasteiger partial charge < -0.3 is 20.1 Å². The Hall–Kier alpha value is -1.17. The van der Waals surface area contributed by atoms with E-state index in [9.17, 15) is 4.79 Å². The Bertz CT molecular complexity index is 535. The fraction of sp³-hybridized carbons (Fsp3) is 0.588. The largest absolute Gasteiger partial charge is 0.490 e. The van der Waals surface area contributed by atoms with Crippen LogP contribution in [-0.2, 0) is 0 Å². The van der Waals surface area contributed by atoms with Gasteiger partial charge in [-0.15, -0.1) is 12.4 Å². The summed E-state index contributed by atoms with van der Waals surface area (Å²) in [5.74, 6) is 0.884. The van der Waals surface area contributed by atoms with Crippen molar-refractivity contribution in [3.8, 4) is 11.5 Å².